The van der Waals surface area contributed by atoms with Crippen LogP contribution in [-0.2, 0) is 0 Å². The van der Waals surface area contributed by atoms with Gasteiger partial charge in [0, 0.05) is 28.3 Å². The first-order chi connectivity index (χ1) is 7.61. The van der Waals surface area contributed by atoms with Crippen molar-refractivity contribution in [2.75, 3.05) is 11.4 Å². The largest absolute Gasteiger partial charge is 0.368 e. The van der Waals surface area contributed by atoms with Gasteiger partial charge in [-0.2, -0.15) is 0 Å². The Kier molecular flexibility index (Phi) is 3.33. The molecule has 0 saturated carbocycles. The van der Waals surface area contributed by atoms with Crippen LogP contribution in [0.4, 0.5) is 5.69 Å². The molecule has 2 atom stereocenters. The highest BCUT2D eigenvalue weighted by Gasteiger charge is 2.27. The molecular formula is C13H16BrNO. The van der Waals surface area contributed by atoms with Crippen LogP contribution >= 0.6 is 15.9 Å². The molecular weight excluding hydrogens is 266 g/mol. The number of hydrogen-bond acceptors (Lipinski definition) is 2. The fourth-order valence-electron chi connectivity index (χ4n) is 2.52. The number of rotatable bonds is 2. The molecule has 86 valence electrons. The molecule has 0 aliphatic carbocycles. The zero-order chi connectivity index (χ0) is 11.7. The van der Waals surface area contributed by atoms with E-state index in [-0.39, 0.29) is 0 Å². The maximum Gasteiger partial charge on any atom is 0.152 e. The van der Waals surface area contributed by atoms with E-state index in [1.807, 2.05) is 18.2 Å². The van der Waals surface area contributed by atoms with E-state index in [2.05, 4.69) is 34.7 Å². The molecule has 0 amide bonds. The van der Waals surface area contributed by atoms with Crippen molar-refractivity contribution in [3.05, 3.63) is 28.2 Å². The summed E-state index contributed by atoms with van der Waals surface area (Å²) in [6.45, 7) is 5.53. The highest BCUT2D eigenvalue weighted by atomic mass is 79.9. The van der Waals surface area contributed by atoms with Crippen molar-refractivity contribution in [2.45, 2.75) is 26.3 Å². The second kappa shape index (κ2) is 4.58. The summed E-state index contributed by atoms with van der Waals surface area (Å²) < 4.78 is 0.957. The van der Waals surface area contributed by atoms with E-state index in [1.165, 1.54) is 6.42 Å². The van der Waals surface area contributed by atoms with Gasteiger partial charge in [-0.15, -0.1) is 0 Å². The molecule has 0 spiro atoms. The normalized spacial score (nSPS) is 24.8. The zero-order valence-corrected chi connectivity index (χ0v) is 11.2. The Morgan fingerprint density at radius 2 is 2.19 bits per heavy atom. The number of carbonyl (C=O) groups is 1. The summed E-state index contributed by atoms with van der Waals surface area (Å²) in [5, 5.41) is 0. The third-order valence-electron chi connectivity index (χ3n) is 3.21. The molecule has 2 nitrogen and oxygen atoms in total. The van der Waals surface area contributed by atoms with Crippen LogP contribution in [0.25, 0.3) is 0 Å². The van der Waals surface area contributed by atoms with Gasteiger partial charge in [0.15, 0.2) is 6.29 Å². The summed E-state index contributed by atoms with van der Waals surface area (Å²) in [4.78, 5) is 13.4. The number of hydrogen-bond donors (Lipinski definition) is 0. The maximum absolute atomic E-state index is 11.1. The summed E-state index contributed by atoms with van der Waals surface area (Å²) in [7, 11) is 0. The highest BCUT2D eigenvalue weighted by Crippen LogP contribution is 2.31. The molecule has 16 heavy (non-hydrogen) atoms. The first-order valence-corrected chi connectivity index (χ1v) is 6.42. The zero-order valence-electron chi connectivity index (χ0n) is 9.61. The van der Waals surface area contributed by atoms with E-state index < -0.39 is 0 Å². The summed E-state index contributed by atoms with van der Waals surface area (Å²) in [5.74, 6) is 0.707. The standard InChI is InChI=1S/C13H16BrNO/c1-9-5-10(2)15(7-9)13-4-3-12(14)6-11(13)8-16/h3-4,6,8-10H,5,7H2,1-2H3. The van der Waals surface area contributed by atoms with Gasteiger partial charge in [-0.25, -0.2) is 0 Å². The van der Waals surface area contributed by atoms with E-state index in [0.717, 1.165) is 28.6 Å². The molecule has 1 saturated heterocycles. The number of benzene rings is 1. The minimum Gasteiger partial charge on any atom is -0.368 e. The number of nitrogens with zero attached hydrogens (tertiary/aromatic N) is 1. The van der Waals surface area contributed by atoms with E-state index in [1.54, 1.807) is 0 Å². The molecule has 1 aromatic carbocycles. The van der Waals surface area contributed by atoms with Crippen molar-refractivity contribution in [1.29, 1.82) is 0 Å². The van der Waals surface area contributed by atoms with Crippen molar-refractivity contribution in [2.24, 2.45) is 5.92 Å². The molecule has 0 aromatic heterocycles. The SMILES string of the molecule is CC1CC(C)N(c2ccc(Br)cc2C=O)C1. The van der Waals surface area contributed by atoms with Crippen LogP contribution in [0.1, 0.15) is 30.6 Å². The van der Waals surface area contributed by atoms with Crippen LogP contribution in [0.3, 0.4) is 0 Å². The van der Waals surface area contributed by atoms with E-state index in [0.29, 0.717) is 12.0 Å². The average Bonchev–Trinajstić information content (AvgIpc) is 2.57. The molecule has 0 radical (unpaired) electrons. The first-order valence-electron chi connectivity index (χ1n) is 5.63. The Bertz CT molecular complexity index is 405. The van der Waals surface area contributed by atoms with Gasteiger partial charge in [-0.1, -0.05) is 22.9 Å². The Hall–Kier alpha value is -0.830. The quantitative estimate of drug-likeness (QED) is 0.774. The van der Waals surface area contributed by atoms with Crippen LogP contribution in [0, 0.1) is 5.92 Å². The fourth-order valence-corrected chi connectivity index (χ4v) is 2.90. The van der Waals surface area contributed by atoms with E-state index in [4.69, 9.17) is 0 Å². The molecule has 1 aliphatic rings. The predicted molar refractivity (Wildman–Crippen MR) is 70.1 cm³/mol. The molecule has 0 bridgehead atoms. The lowest BCUT2D eigenvalue weighted by Gasteiger charge is -2.25. The summed E-state index contributed by atoms with van der Waals surface area (Å²) in [6.07, 6.45) is 2.14. The topological polar surface area (TPSA) is 20.3 Å². The van der Waals surface area contributed by atoms with Crippen molar-refractivity contribution >= 4 is 27.9 Å². The monoisotopic (exact) mass is 281 g/mol. The molecule has 2 unspecified atom stereocenters. The summed E-state index contributed by atoms with van der Waals surface area (Å²) in [5.41, 5.74) is 1.84. The average molecular weight is 282 g/mol. The molecule has 1 heterocycles. The Morgan fingerprint density at radius 1 is 1.44 bits per heavy atom. The van der Waals surface area contributed by atoms with Crippen molar-refractivity contribution < 1.29 is 4.79 Å². The lowest BCUT2D eigenvalue weighted by molar-refractivity contribution is 0.112. The fraction of sp³-hybridized carbons (Fsp3) is 0.462. The van der Waals surface area contributed by atoms with E-state index >= 15 is 0 Å². The van der Waals surface area contributed by atoms with Gasteiger partial charge in [0.2, 0.25) is 0 Å². The third kappa shape index (κ3) is 2.14. The smallest absolute Gasteiger partial charge is 0.152 e. The number of carbonyl (C=O) groups excluding carboxylic acids is 1. The van der Waals surface area contributed by atoms with Crippen molar-refractivity contribution in [1.82, 2.24) is 0 Å². The molecule has 0 N–H and O–H groups in total. The van der Waals surface area contributed by atoms with Crippen LogP contribution < -0.4 is 4.90 Å². The van der Waals surface area contributed by atoms with Crippen LogP contribution in [0.2, 0.25) is 0 Å². The predicted octanol–water partition coefficient (Wildman–Crippen LogP) is 3.50. The lowest BCUT2D eigenvalue weighted by atomic mass is 10.1. The molecule has 1 fully saturated rings. The number of halogens is 1. The molecule has 2 rings (SSSR count). The van der Waals surface area contributed by atoms with Crippen LogP contribution in [-0.4, -0.2) is 18.9 Å². The van der Waals surface area contributed by atoms with Crippen molar-refractivity contribution in [3.8, 4) is 0 Å². The Labute approximate surface area is 105 Å². The summed E-state index contributed by atoms with van der Waals surface area (Å²) in [6, 6.07) is 6.44. The van der Waals surface area contributed by atoms with E-state index in [9.17, 15) is 4.79 Å². The first kappa shape index (κ1) is 11.6. The van der Waals surface area contributed by atoms with Gasteiger partial charge >= 0.3 is 0 Å². The number of anilines is 1. The van der Waals surface area contributed by atoms with Crippen molar-refractivity contribution in [3.63, 3.8) is 0 Å². The maximum atomic E-state index is 11.1. The molecule has 1 aliphatic heterocycles. The van der Waals surface area contributed by atoms with Gasteiger partial charge in [0.05, 0.1) is 0 Å². The van der Waals surface area contributed by atoms with Gasteiger partial charge in [0.1, 0.15) is 0 Å². The van der Waals surface area contributed by atoms with Crippen LogP contribution in [0.5, 0.6) is 0 Å². The van der Waals surface area contributed by atoms with Crippen LogP contribution in [0.15, 0.2) is 22.7 Å². The Balaban J connectivity index is 2.36. The highest BCUT2D eigenvalue weighted by molar-refractivity contribution is 9.10. The lowest BCUT2D eigenvalue weighted by Crippen LogP contribution is -2.27. The minimum absolute atomic E-state index is 0.523. The Morgan fingerprint density at radius 3 is 2.75 bits per heavy atom. The minimum atomic E-state index is 0.523. The second-order valence-corrected chi connectivity index (χ2v) is 5.58. The van der Waals surface area contributed by atoms with Gasteiger partial charge in [-0.05, 0) is 37.5 Å². The third-order valence-corrected chi connectivity index (χ3v) is 3.70. The summed E-state index contributed by atoms with van der Waals surface area (Å²) >= 11 is 3.40. The van der Waals surface area contributed by atoms with Gasteiger partial charge in [0.25, 0.3) is 0 Å². The number of aldehydes is 1. The molecule has 3 heteroatoms. The van der Waals surface area contributed by atoms with Gasteiger partial charge < -0.3 is 4.90 Å². The molecule has 1 aromatic rings. The van der Waals surface area contributed by atoms with Gasteiger partial charge in [-0.3, -0.25) is 4.79 Å². The second-order valence-electron chi connectivity index (χ2n) is 4.66.